The van der Waals surface area contributed by atoms with Crippen molar-refractivity contribution >= 4 is 17.5 Å². The van der Waals surface area contributed by atoms with Crippen molar-refractivity contribution in [1.82, 2.24) is 14.8 Å². The standard InChI is InChI=1S/C19H26N4O4/c1-15(24)21-6-8-23(9-7-21)18(25)16-12-17(14-20-13-16)22-4-2-19(3-5-22)26-10-11-27-19/h12-14H,2-11H2,1H3. The van der Waals surface area contributed by atoms with Crippen LogP contribution in [-0.4, -0.2) is 84.9 Å². The summed E-state index contributed by atoms with van der Waals surface area (Å²) in [6.07, 6.45) is 5.06. The van der Waals surface area contributed by atoms with Gasteiger partial charge in [-0.05, 0) is 6.07 Å². The first-order valence-corrected chi connectivity index (χ1v) is 9.59. The molecule has 2 amide bonds. The van der Waals surface area contributed by atoms with Crippen molar-refractivity contribution in [1.29, 1.82) is 0 Å². The maximum absolute atomic E-state index is 12.8. The van der Waals surface area contributed by atoms with Crippen LogP contribution >= 0.6 is 0 Å². The van der Waals surface area contributed by atoms with E-state index in [9.17, 15) is 9.59 Å². The molecule has 4 heterocycles. The third kappa shape index (κ3) is 3.77. The highest BCUT2D eigenvalue weighted by molar-refractivity contribution is 5.95. The normalized spacial score (nSPS) is 22.3. The van der Waals surface area contributed by atoms with Crippen molar-refractivity contribution < 1.29 is 19.1 Å². The summed E-state index contributed by atoms with van der Waals surface area (Å²) >= 11 is 0. The summed E-state index contributed by atoms with van der Waals surface area (Å²) < 4.78 is 11.6. The molecule has 1 spiro atoms. The Hall–Kier alpha value is -2.19. The van der Waals surface area contributed by atoms with E-state index in [1.807, 2.05) is 6.07 Å². The average Bonchev–Trinajstić information content (AvgIpc) is 3.16. The Morgan fingerprint density at radius 1 is 0.963 bits per heavy atom. The van der Waals surface area contributed by atoms with Gasteiger partial charge in [-0.3, -0.25) is 14.6 Å². The van der Waals surface area contributed by atoms with Crippen molar-refractivity contribution in [2.45, 2.75) is 25.6 Å². The van der Waals surface area contributed by atoms with E-state index in [0.717, 1.165) is 31.6 Å². The fraction of sp³-hybridized carbons (Fsp3) is 0.632. The lowest BCUT2D eigenvalue weighted by Gasteiger charge is -2.38. The molecule has 27 heavy (non-hydrogen) atoms. The SMILES string of the molecule is CC(=O)N1CCN(C(=O)c2cncc(N3CCC4(CC3)OCCO4)c2)CC1. The zero-order valence-corrected chi connectivity index (χ0v) is 15.7. The number of anilines is 1. The molecule has 0 radical (unpaired) electrons. The first kappa shape index (κ1) is 18.2. The molecule has 0 bridgehead atoms. The first-order valence-electron chi connectivity index (χ1n) is 9.59. The first-order chi connectivity index (χ1) is 13.1. The molecule has 0 aromatic carbocycles. The number of amides is 2. The minimum atomic E-state index is -0.409. The summed E-state index contributed by atoms with van der Waals surface area (Å²) in [6.45, 7) is 6.82. The molecule has 1 aromatic rings. The molecule has 3 aliphatic heterocycles. The molecular formula is C19H26N4O4. The van der Waals surface area contributed by atoms with E-state index in [1.165, 1.54) is 0 Å². The molecule has 4 rings (SSSR count). The summed E-state index contributed by atoms with van der Waals surface area (Å²) in [7, 11) is 0. The summed E-state index contributed by atoms with van der Waals surface area (Å²) in [5, 5.41) is 0. The topological polar surface area (TPSA) is 75.2 Å². The van der Waals surface area contributed by atoms with Crippen LogP contribution in [-0.2, 0) is 14.3 Å². The number of ether oxygens (including phenoxy) is 2. The van der Waals surface area contributed by atoms with Crippen molar-refractivity contribution in [2.75, 3.05) is 57.4 Å². The third-order valence-corrected chi connectivity index (χ3v) is 5.69. The molecule has 8 heteroatoms. The van der Waals surface area contributed by atoms with Gasteiger partial charge in [-0.15, -0.1) is 0 Å². The highest BCUT2D eigenvalue weighted by Crippen LogP contribution is 2.33. The van der Waals surface area contributed by atoms with Crippen molar-refractivity contribution in [3.8, 4) is 0 Å². The van der Waals surface area contributed by atoms with Gasteiger partial charge in [0.15, 0.2) is 5.79 Å². The van der Waals surface area contributed by atoms with Gasteiger partial charge in [-0.2, -0.15) is 0 Å². The van der Waals surface area contributed by atoms with Gasteiger partial charge in [0, 0.05) is 65.2 Å². The van der Waals surface area contributed by atoms with Gasteiger partial charge in [0.25, 0.3) is 5.91 Å². The van der Waals surface area contributed by atoms with E-state index in [-0.39, 0.29) is 11.8 Å². The largest absolute Gasteiger partial charge is 0.370 e. The van der Waals surface area contributed by atoms with Crippen LogP contribution < -0.4 is 4.90 Å². The number of carbonyl (C=O) groups excluding carboxylic acids is 2. The Morgan fingerprint density at radius 3 is 2.22 bits per heavy atom. The van der Waals surface area contributed by atoms with Gasteiger partial charge in [0.2, 0.25) is 5.91 Å². The fourth-order valence-electron chi connectivity index (χ4n) is 4.02. The summed E-state index contributed by atoms with van der Waals surface area (Å²) in [5.41, 5.74) is 1.55. The summed E-state index contributed by atoms with van der Waals surface area (Å²) in [6, 6.07) is 1.92. The summed E-state index contributed by atoms with van der Waals surface area (Å²) in [4.78, 5) is 34.4. The van der Waals surface area contributed by atoms with Gasteiger partial charge in [-0.1, -0.05) is 0 Å². The number of hydrogen-bond acceptors (Lipinski definition) is 6. The maximum Gasteiger partial charge on any atom is 0.255 e. The van der Waals surface area contributed by atoms with Crippen LogP contribution in [0.25, 0.3) is 0 Å². The van der Waals surface area contributed by atoms with Gasteiger partial charge < -0.3 is 24.2 Å². The molecule has 0 aliphatic carbocycles. The molecule has 1 aromatic heterocycles. The van der Waals surface area contributed by atoms with Gasteiger partial charge in [0.05, 0.1) is 30.7 Å². The van der Waals surface area contributed by atoms with E-state index < -0.39 is 5.79 Å². The highest BCUT2D eigenvalue weighted by Gasteiger charge is 2.40. The van der Waals surface area contributed by atoms with Crippen LogP contribution in [0.15, 0.2) is 18.5 Å². The fourth-order valence-corrected chi connectivity index (χ4v) is 4.02. The number of rotatable bonds is 2. The molecule has 0 unspecified atom stereocenters. The number of pyridine rings is 1. The Kier molecular flexibility index (Phi) is 5.01. The second-order valence-electron chi connectivity index (χ2n) is 7.32. The third-order valence-electron chi connectivity index (χ3n) is 5.69. The summed E-state index contributed by atoms with van der Waals surface area (Å²) in [5.74, 6) is -0.374. The van der Waals surface area contributed by atoms with Gasteiger partial charge in [-0.25, -0.2) is 0 Å². The molecule has 3 fully saturated rings. The molecule has 8 nitrogen and oxygen atoms in total. The minimum Gasteiger partial charge on any atom is -0.370 e. The quantitative estimate of drug-likeness (QED) is 0.760. The van der Waals surface area contributed by atoms with E-state index in [1.54, 1.807) is 29.1 Å². The second kappa shape index (κ2) is 7.44. The lowest BCUT2D eigenvalue weighted by Crippen LogP contribution is -2.50. The van der Waals surface area contributed by atoms with E-state index >= 15 is 0 Å². The number of hydrogen-bond donors (Lipinski definition) is 0. The van der Waals surface area contributed by atoms with Crippen LogP contribution in [0, 0.1) is 0 Å². The smallest absolute Gasteiger partial charge is 0.255 e. The van der Waals surface area contributed by atoms with Crippen molar-refractivity contribution in [3.05, 3.63) is 24.0 Å². The molecule has 146 valence electrons. The number of piperidine rings is 1. The molecular weight excluding hydrogens is 348 g/mol. The number of carbonyl (C=O) groups is 2. The minimum absolute atomic E-state index is 0.0245. The Bertz CT molecular complexity index is 701. The predicted molar refractivity (Wildman–Crippen MR) is 98.5 cm³/mol. The highest BCUT2D eigenvalue weighted by atomic mass is 16.7. The van der Waals surface area contributed by atoms with E-state index in [4.69, 9.17) is 9.47 Å². The van der Waals surface area contributed by atoms with Crippen molar-refractivity contribution in [3.63, 3.8) is 0 Å². The van der Waals surface area contributed by atoms with Crippen LogP contribution in [0.5, 0.6) is 0 Å². The Morgan fingerprint density at radius 2 is 1.59 bits per heavy atom. The molecule has 0 N–H and O–H groups in total. The molecule has 0 atom stereocenters. The van der Waals surface area contributed by atoms with Gasteiger partial charge >= 0.3 is 0 Å². The average molecular weight is 374 g/mol. The Labute approximate surface area is 159 Å². The molecule has 3 aliphatic rings. The van der Waals surface area contributed by atoms with Crippen LogP contribution in [0.2, 0.25) is 0 Å². The monoisotopic (exact) mass is 374 g/mol. The van der Waals surface area contributed by atoms with E-state index in [2.05, 4.69) is 9.88 Å². The zero-order valence-electron chi connectivity index (χ0n) is 15.7. The van der Waals surface area contributed by atoms with Crippen LogP contribution in [0.4, 0.5) is 5.69 Å². The lowest BCUT2D eigenvalue weighted by atomic mass is 10.0. The zero-order chi connectivity index (χ0) is 18.9. The van der Waals surface area contributed by atoms with Crippen LogP contribution in [0.3, 0.4) is 0 Å². The van der Waals surface area contributed by atoms with Crippen LogP contribution in [0.1, 0.15) is 30.1 Å². The van der Waals surface area contributed by atoms with Crippen molar-refractivity contribution in [2.24, 2.45) is 0 Å². The number of aromatic nitrogens is 1. The maximum atomic E-state index is 12.8. The number of nitrogens with zero attached hydrogens (tertiary/aromatic N) is 4. The number of piperazine rings is 1. The lowest BCUT2D eigenvalue weighted by molar-refractivity contribution is -0.169. The molecule has 0 saturated carbocycles. The Balaban J connectivity index is 1.39. The van der Waals surface area contributed by atoms with Gasteiger partial charge in [0.1, 0.15) is 0 Å². The second-order valence-corrected chi connectivity index (χ2v) is 7.32. The van der Waals surface area contributed by atoms with E-state index in [0.29, 0.717) is 45.0 Å². The molecule has 3 saturated heterocycles. The predicted octanol–water partition coefficient (Wildman–Crippen LogP) is 0.729.